The third-order valence-corrected chi connectivity index (χ3v) is 8.30. The maximum absolute atomic E-state index is 11.8. The van der Waals surface area contributed by atoms with Gasteiger partial charge < -0.3 is 20.3 Å². The van der Waals surface area contributed by atoms with Gasteiger partial charge in [-0.1, -0.05) is 43.5 Å². The van der Waals surface area contributed by atoms with E-state index < -0.39 is 5.97 Å². The number of rotatable bonds is 4. The lowest BCUT2D eigenvalue weighted by molar-refractivity contribution is 0.0697. The van der Waals surface area contributed by atoms with Crippen LogP contribution in [0, 0.1) is 0 Å². The van der Waals surface area contributed by atoms with Gasteiger partial charge in [0.05, 0.1) is 11.3 Å². The molecule has 3 aromatic rings. The highest BCUT2D eigenvalue weighted by Crippen LogP contribution is 2.50. The number of anilines is 1. The Morgan fingerprint density at radius 2 is 1.88 bits per heavy atom. The van der Waals surface area contributed by atoms with E-state index >= 15 is 0 Å². The highest BCUT2D eigenvalue weighted by atomic mass is 16.4. The Hall–Kier alpha value is -2.79. The molecule has 3 heterocycles. The summed E-state index contributed by atoms with van der Waals surface area (Å²) >= 11 is 0. The molecule has 172 valence electrons. The molecule has 0 spiro atoms. The standard InChI is InChI=1S/C28H33N3O2/c29-13-11-18-12-14-30-15-16-31-24-17-20(28(32)33)9-10-22(24)25(19-5-2-1-3-6-19)27(31)23-8-4-7-21(18)26(23)30/h4,7-10,17-19H,1-3,5-6,11-16,29H2,(H,32,33)/t18-/m1/s1. The lowest BCUT2D eigenvalue weighted by atomic mass is 9.80. The first-order chi connectivity index (χ1) is 16.2. The van der Waals surface area contributed by atoms with Gasteiger partial charge in [0, 0.05) is 41.8 Å². The highest BCUT2D eigenvalue weighted by Gasteiger charge is 2.34. The predicted octanol–water partition coefficient (Wildman–Crippen LogP) is 5.71. The Morgan fingerprint density at radius 3 is 2.67 bits per heavy atom. The minimum atomic E-state index is -0.854. The van der Waals surface area contributed by atoms with Crippen molar-refractivity contribution in [3.05, 3.63) is 53.1 Å². The van der Waals surface area contributed by atoms with Crippen LogP contribution in [0.3, 0.4) is 0 Å². The molecule has 3 aliphatic rings. The van der Waals surface area contributed by atoms with Gasteiger partial charge in [-0.2, -0.15) is 0 Å². The molecule has 0 unspecified atom stereocenters. The van der Waals surface area contributed by atoms with Crippen molar-refractivity contribution in [3.8, 4) is 11.3 Å². The van der Waals surface area contributed by atoms with Crippen molar-refractivity contribution >= 4 is 22.6 Å². The van der Waals surface area contributed by atoms with E-state index in [1.54, 1.807) is 6.07 Å². The molecule has 1 saturated carbocycles. The molecule has 1 aliphatic carbocycles. The monoisotopic (exact) mass is 443 g/mol. The molecule has 3 N–H and O–H groups in total. The summed E-state index contributed by atoms with van der Waals surface area (Å²) in [6.45, 7) is 3.63. The minimum Gasteiger partial charge on any atom is -0.478 e. The van der Waals surface area contributed by atoms with Crippen LogP contribution in [0.25, 0.3) is 22.2 Å². The minimum absolute atomic E-state index is 0.375. The normalized spacial score (nSPS) is 20.4. The largest absolute Gasteiger partial charge is 0.478 e. The summed E-state index contributed by atoms with van der Waals surface area (Å²) in [6, 6.07) is 12.6. The van der Waals surface area contributed by atoms with Crippen LogP contribution in [0.5, 0.6) is 0 Å². The molecule has 0 radical (unpaired) electrons. The lowest BCUT2D eigenvalue weighted by Crippen LogP contribution is -2.33. The summed E-state index contributed by atoms with van der Waals surface area (Å²) in [5, 5.41) is 10.9. The van der Waals surface area contributed by atoms with Crippen molar-refractivity contribution in [2.45, 2.75) is 63.3 Å². The molecule has 33 heavy (non-hydrogen) atoms. The topological polar surface area (TPSA) is 71.5 Å². The molecular formula is C28H33N3O2. The number of hydrogen-bond acceptors (Lipinski definition) is 3. The number of carbonyl (C=O) groups is 1. The summed E-state index contributed by atoms with van der Waals surface area (Å²) in [6.07, 6.45) is 8.52. The highest BCUT2D eigenvalue weighted by molar-refractivity contribution is 6.00. The van der Waals surface area contributed by atoms with Crippen LogP contribution in [0.4, 0.5) is 5.69 Å². The lowest BCUT2D eigenvalue weighted by Gasteiger charge is -2.36. The third-order valence-electron chi connectivity index (χ3n) is 8.30. The zero-order valence-electron chi connectivity index (χ0n) is 19.2. The Bertz CT molecular complexity index is 1220. The quantitative estimate of drug-likeness (QED) is 0.542. The molecule has 0 bridgehead atoms. The van der Waals surface area contributed by atoms with E-state index in [9.17, 15) is 9.90 Å². The Balaban J connectivity index is 1.64. The van der Waals surface area contributed by atoms with E-state index in [2.05, 4.69) is 33.7 Å². The number of fused-ring (bicyclic) bond motifs is 4. The molecule has 1 aromatic heterocycles. The molecule has 0 saturated heterocycles. The Morgan fingerprint density at radius 1 is 1.03 bits per heavy atom. The molecule has 5 heteroatoms. The average molecular weight is 444 g/mol. The molecule has 6 rings (SSSR count). The van der Waals surface area contributed by atoms with Gasteiger partial charge in [0.2, 0.25) is 0 Å². The van der Waals surface area contributed by atoms with Gasteiger partial charge in [-0.05, 0) is 67.3 Å². The van der Waals surface area contributed by atoms with Gasteiger partial charge in [0.15, 0.2) is 0 Å². The number of nitrogens with zero attached hydrogens (tertiary/aromatic N) is 2. The van der Waals surface area contributed by atoms with Gasteiger partial charge in [0.25, 0.3) is 0 Å². The van der Waals surface area contributed by atoms with E-state index in [0.717, 1.165) is 44.5 Å². The fourth-order valence-corrected chi connectivity index (χ4v) is 6.80. The van der Waals surface area contributed by atoms with Gasteiger partial charge in [-0.25, -0.2) is 4.79 Å². The van der Waals surface area contributed by atoms with Crippen LogP contribution in [-0.2, 0) is 6.54 Å². The molecule has 0 amide bonds. The second kappa shape index (κ2) is 8.21. The predicted molar refractivity (Wildman–Crippen MR) is 133 cm³/mol. The fraction of sp³-hybridized carbons (Fsp3) is 0.464. The number of carboxylic acids is 1. The maximum Gasteiger partial charge on any atom is 0.335 e. The van der Waals surface area contributed by atoms with Crippen molar-refractivity contribution in [3.63, 3.8) is 0 Å². The number of para-hydroxylation sites is 1. The number of hydrogen-bond donors (Lipinski definition) is 2. The second-order valence-electron chi connectivity index (χ2n) is 10.1. The smallest absolute Gasteiger partial charge is 0.335 e. The van der Waals surface area contributed by atoms with Crippen LogP contribution in [-0.4, -0.2) is 35.3 Å². The maximum atomic E-state index is 11.8. The average Bonchev–Trinajstić information content (AvgIpc) is 3.07. The van der Waals surface area contributed by atoms with Gasteiger partial charge in [0.1, 0.15) is 0 Å². The zero-order chi connectivity index (χ0) is 22.5. The van der Waals surface area contributed by atoms with Crippen molar-refractivity contribution < 1.29 is 9.90 Å². The second-order valence-corrected chi connectivity index (χ2v) is 10.1. The Labute approximate surface area is 195 Å². The third kappa shape index (κ3) is 3.28. The van der Waals surface area contributed by atoms with Crippen LogP contribution in [0.15, 0.2) is 36.4 Å². The van der Waals surface area contributed by atoms with E-state index in [1.165, 1.54) is 65.6 Å². The molecule has 2 aromatic carbocycles. The molecule has 1 atom stereocenters. The van der Waals surface area contributed by atoms with Gasteiger partial charge in [-0.15, -0.1) is 0 Å². The summed E-state index contributed by atoms with van der Waals surface area (Å²) in [7, 11) is 0. The Kier molecular flexibility index (Phi) is 5.17. The first kappa shape index (κ1) is 20.8. The SMILES string of the molecule is NCC[C@@H]1CCN2CCn3c(c(C4CCCCC4)c4ccc(C(=O)O)cc43)-c3cccc1c32. The number of benzene rings is 2. The van der Waals surface area contributed by atoms with Crippen molar-refractivity contribution in [2.24, 2.45) is 5.73 Å². The number of carboxylic acid groups (broad SMARTS) is 1. The fourth-order valence-electron chi connectivity index (χ4n) is 6.80. The summed E-state index contributed by atoms with van der Waals surface area (Å²) < 4.78 is 2.44. The van der Waals surface area contributed by atoms with Crippen molar-refractivity contribution in [2.75, 3.05) is 24.5 Å². The van der Waals surface area contributed by atoms with E-state index in [4.69, 9.17) is 5.73 Å². The molecule has 2 aliphatic heterocycles. The van der Waals surface area contributed by atoms with Crippen molar-refractivity contribution in [1.29, 1.82) is 0 Å². The number of nitrogens with two attached hydrogens (primary N) is 1. The molecule has 5 nitrogen and oxygen atoms in total. The number of aromatic nitrogens is 1. The van der Waals surface area contributed by atoms with Gasteiger partial charge in [-0.3, -0.25) is 0 Å². The molecule has 1 fully saturated rings. The van der Waals surface area contributed by atoms with E-state index in [-0.39, 0.29) is 0 Å². The van der Waals surface area contributed by atoms with Crippen LogP contribution < -0.4 is 10.6 Å². The van der Waals surface area contributed by atoms with Gasteiger partial charge >= 0.3 is 5.97 Å². The van der Waals surface area contributed by atoms with Crippen LogP contribution in [0.2, 0.25) is 0 Å². The van der Waals surface area contributed by atoms with E-state index in [0.29, 0.717) is 17.4 Å². The van der Waals surface area contributed by atoms with E-state index in [1.807, 2.05) is 6.07 Å². The zero-order valence-corrected chi connectivity index (χ0v) is 19.2. The number of aromatic carboxylic acids is 1. The van der Waals surface area contributed by atoms with Crippen LogP contribution >= 0.6 is 0 Å². The first-order valence-corrected chi connectivity index (χ1v) is 12.6. The summed E-state index contributed by atoms with van der Waals surface area (Å²) in [4.78, 5) is 14.4. The van der Waals surface area contributed by atoms with Crippen LogP contribution in [0.1, 0.15) is 78.3 Å². The first-order valence-electron chi connectivity index (χ1n) is 12.6. The van der Waals surface area contributed by atoms with Crippen molar-refractivity contribution in [1.82, 2.24) is 4.57 Å². The summed E-state index contributed by atoms with van der Waals surface area (Å²) in [5.41, 5.74) is 14.4. The summed E-state index contributed by atoms with van der Waals surface area (Å²) in [5.74, 6) is 0.208. The molecular weight excluding hydrogens is 410 g/mol.